The molecule has 0 fully saturated rings. The number of hydrogen-bond donors (Lipinski definition) is 0. The summed E-state index contributed by atoms with van der Waals surface area (Å²) in [5.74, 6) is 0.775. The summed E-state index contributed by atoms with van der Waals surface area (Å²) in [5, 5.41) is 3.78. The maximum atomic E-state index is 9.87. The van der Waals surface area contributed by atoms with Gasteiger partial charge in [-0.05, 0) is 33.2 Å². The van der Waals surface area contributed by atoms with E-state index >= 15 is 0 Å². The Morgan fingerprint density at radius 1 is 1.14 bits per heavy atom. The van der Waals surface area contributed by atoms with Crippen molar-refractivity contribution in [2.24, 2.45) is 5.11 Å². The Kier molecular flexibility index (Phi) is 5.21. The average Bonchev–Trinajstić information content (AvgIpc) is 2.57. The van der Waals surface area contributed by atoms with Gasteiger partial charge < -0.3 is 0 Å². The zero-order valence-corrected chi connectivity index (χ0v) is 12.9. The third-order valence-electron chi connectivity index (χ3n) is 2.48. The predicted molar refractivity (Wildman–Crippen MR) is 69.8 cm³/mol. The number of nitrogens with zero attached hydrogens (tertiary/aromatic N) is 5. The molecule has 0 aliphatic carbocycles. The summed E-state index contributed by atoms with van der Waals surface area (Å²) in [6.07, 6.45) is 0. The molecule has 0 unspecified atom stereocenters. The van der Waals surface area contributed by atoms with Gasteiger partial charge in [-0.3, -0.25) is 9.48 Å². The van der Waals surface area contributed by atoms with E-state index in [4.69, 9.17) is 5.53 Å². The third kappa shape index (κ3) is 10.2. The number of rotatable bonds is 2. The molecule has 0 saturated heterocycles. The van der Waals surface area contributed by atoms with E-state index in [1.807, 2.05) is 0 Å². The predicted octanol–water partition coefficient (Wildman–Crippen LogP) is 5.18. The minimum absolute atomic E-state index is 0.388. The molecule has 1 heterocycles. The van der Waals surface area contributed by atoms with Crippen molar-refractivity contribution in [1.29, 1.82) is 0 Å². The van der Waals surface area contributed by atoms with E-state index in [0.29, 0.717) is 12.1 Å². The fraction of sp³-hybridized carbons (Fsp3) is 0.889. The monoisotopic (exact) mass is 341 g/mol. The molecule has 1 aliphatic rings. The molecule has 0 radical (unpaired) electrons. The number of azide groups is 1. The molecule has 1 aliphatic heterocycles. The molecule has 0 bridgehead atoms. The van der Waals surface area contributed by atoms with Crippen molar-refractivity contribution in [3.8, 4) is 0 Å². The number of hydrogen-bond acceptors (Lipinski definition) is 2. The topological polar surface area (TPSA) is 55.0 Å². The van der Waals surface area contributed by atoms with Crippen LogP contribution >= 0.6 is 7.81 Å². The maximum absolute atomic E-state index is 10.7. The Labute approximate surface area is 118 Å². The van der Waals surface area contributed by atoms with Crippen LogP contribution in [0.2, 0.25) is 0 Å². The van der Waals surface area contributed by atoms with Crippen molar-refractivity contribution in [1.82, 2.24) is 4.90 Å². The van der Waals surface area contributed by atoms with Gasteiger partial charge in [0.2, 0.25) is 0 Å². The number of halogens is 6. The van der Waals surface area contributed by atoms with Gasteiger partial charge >= 0.3 is 33.0 Å². The minimum atomic E-state index is -10.7. The summed E-state index contributed by atoms with van der Waals surface area (Å²) in [6, 6.07) is 0.776. The van der Waals surface area contributed by atoms with E-state index in [2.05, 4.69) is 47.2 Å². The molecule has 0 atom stereocenters. The van der Waals surface area contributed by atoms with Crippen molar-refractivity contribution >= 4 is 13.8 Å². The molecule has 12 heteroatoms. The Bertz CT molecular complexity index is 450. The second kappa shape index (κ2) is 5.53. The molecule has 0 saturated carbocycles. The summed E-state index contributed by atoms with van der Waals surface area (Å²) in [7, 11) is -10.7. The van der Waals surface area contributed by atoms with Crippen LogP contribution < -0.4 is 0 Å². The molecular formula is C9H18F6N5P. The Balaban J connectivity index is 0.000000486. The van der Waals surface area contributed by atoms with Crippen molar-refractivity contribution < 1.29 is 29.8 Å². The van der Waals surface area contributed by atoms with Crippen LogP contribution in [0.5, 0.6) is 0 Å². The van der Waals surface area contributed by atoms with Gasteiger partial charge in [0.25, 0.3) is 5.96 Å². The molecule has 5 nitrogen and oxygen atoms in total. The van der Waals surface area contributed by atoms with Crippen molar-refractivity contribution in [2.45, 2.75) is 39.8 Å². The van der Waals surface area contributed by atoms with Gasteiger partial charge in [0, 0.05) is 10.0 Å². The molecule has 126 valence electrons. The van der Waals surface area contributed by atoms with Gasteiger partial charge in [-0.15, -0.1) is 0 Å². The zero-order chi connectivity index (χ0) is 17.1. The van der Waals surface area contributed by atoms with Crippen molar-refractivity contribution in [3.63, 3.8) is 0 Å². The summed E-state index contributed by atoms with van der Waals surface area (Å²) in [5.41, 5.74) is 8.51. The van der Waals surface area contributed by atoms with Crippen LogP contribution in [0.4, 0.5) is 25.2 Å². The first kappa shape index (κ1) is 19.8. The number of guanidine groups is 1. The van der Waals surface area contributed by atoms with Gasteiger partial charge in [0.05, 0.1) is 25.2 Å². The van der Waals surface area contributed by atoms with Gasteiger partial charge in [0.15, 0.2) is 0 Å². The van der Waals surface area contributed by atoms with Crippen molar-refractivity contribution in [3.05, 3.63) is 10.4 Å². The molecule has 0 aromatic carbocycles. The van der Waals surface area contributed by atoms with Gasteiger partial charge in [-0.25, -0.2) is 0 Å². The van der Waals surface area contributed by atoms with Crippen molar-refractivity contribution in [2.75, 3.05) is 13.1 Å². The Morgan fingerprint density at radius 2 is 1.57 bits per heavy atom. The van der Waals surface area contributed by atoms with Gasteiger partial charge in [-0.2, -0.15) is 0 Å². The van der Waals surface area contributed by atoms with Crippen LogP contribution in [0.1, 0.15) is 27.7 Å². The normalized spacial score (nSPS) is 19.0. The molecule has 1 rings (SSSR count). The van der Waals surface area contributed by atoms with Crippen LogP contribution in [0.15, 0.2) is 5.11 Å². The molecule has 0 aromatic rings. The average molecular weight is 341 g/mol. The van der Waals surface area contributed by atoms with Crippen LogP contribution in [-0.2, 0) is 0 Å². The molecule has 21 heavy (non-hydrogen) atoms. The fourth-order valence-electron chi connectivity index (χ4n) is 1.71. The molecule has 0 spiro atoms. The Hall–Kier alpha value is -1.21. The van der Waals surface area contributed by atoms with Crippen LogP contribution in [-0.4, -0.2) is 40.6 Å². The molecular weight excluding hydrogens is 323 g/mol. The summed E-state index contributed by atoms with van der Waals surface area (Å²) < 4.78 is 61.3. The van der Waals surface area contributed by atoms with Crippen LogP contribution in [0.25, 0.3) is 10.4 Å². The van der Waals surface area contributed by atoms with E-state index in [1.54, 1.807) is 0 Å². The fourth-order valence-corrected chi connectivity index (χ4v) is 1.71. The zero-order valence-electron chi connectivity index (χ0n) is 12.0. The quantitative estimate of drug-likeness (QED) is 0.170. The summed E-state index contributed by atoms with van der Waals surface area (Å²) in [6.45, 7) is 10.3. The van der Waals surface area contributed by atoms with Gasteiger partial charge in [-0.1, -0.05) is 0 Å². The van der Waals surface area contributed by atoms with Crippen LogP contribution in [0.3, 0.4) is 0 Å². The van der Waals surface area contributed by atoms with E-state index in [1.165, 1.54) is 0 Å². The second-order valence-corrected chi connectivity index (χ2v) is 6.94. The van der Waals surface area contributed by atoms with Crippen LogP contribution in [0, 0.1) is 0 Å². The Morgan fingerprint density at radius 3 is 1.86 bits per heavy atom. The summed E-state index contributed by atoms with van der Waals surface area (Å²) in [4.78, 5) is 5.03. The van der Waals surface area contributed by atoms with E-state index in [-0.39, 0.29) is 0 Å². The first-order chi connectivity index (χ1) is 9.02. The first-order valence-corrected chi connectivity index (χ1v) is 8.07. The van der Waals surface area contributed by atoms with E-state index in [9.17, 15) is 25.2 Å². The molecule has 0 aromatic heterocycles. The SMILES string of the molecule is CC(C)N1CC[N+](C(C)C)=C1N=[N+]=[N-].F[P-](F)(F)(F)(F)F. The standard InChI is InChI=1S/C9H18N5.F6P/c1-7(2)13-5-6-14(8(3)4)9(13)11-12-10;1-7(2,3,4,5)6/h7-8H,5-6H2,1-4H3;/q+1;-1. The summed E-state index contributed by atoms with van der Waals surface area (Å²) >= 11 is 0. The van der Waals surface area contributed by atoms with Gasteiger partial charge in [0.1, 0.15) is 0 Å². The third-order valence-corrected chi connectivity index (χ3v) is 2.48. The van der Waals surface area contributed by atoms with E-state index in [0.717, 1.165) is 19.0 Å². The molecule has 0 amide bonds. The molecule has 0 N–H and O–H groups in total. The first-order valence-electron chi connectivity index (χ1n) is 6.04. The van der Waals surface area contributed by atoms with E-state index < -0.39 is 7.81 Å². The second-order valence-electron chi connectivity index (χ2n) is 5.02.